The van der Waals surface area contributed by atoms with Crippen molar-refractivity contribution in [3.63, 3.8) is 0 Å². The van der Waals surface area contributed by atoms with Crippen LogP contribution < -0.4 is 0 Å². The highest BCUT2D eigenvalue weighted by Gasteiger charge is 2.19. The molecule has 1 aromatic carbocycles. The van der Waals surface area contributed by atoms with Gasteiger partial charge in [0.1, 0.15) is 0 Å². The molecule has 0 amide bonds. The van der Waals surface area contributed by atoms with E-state index in [0.717, 1.165) is 26.1 Å². The molecule has 1 heterocycles. The maximum atomic E-state index is 11.7. The maximum Gasteiger partial charge on any atom is 0.379 e. The smallest absolute Gasteiger partial charge is 0.379 e. The Kier molecular flexibility index (Phi) is 4.68. The first-order valence-electron chi connectivity index (χ1n) is 6.61. The lowest BCUT2D eigenvalue weighted by atomic mass is 9.91. The van der Waals surface area contributed by atoms with Crippen LogP contribution in [0.3, 0.4) is 0 Å². The Hall–Kier alpha value is -1.68. The number of hydrogen-bond donors (Lipinski definition) is 0. The van der Waals surface area contributed by atoms with E-state index in [1.807, 2.05) is 12.1 Å². The molecule has 0 bridgehead atoms. The molecule has 1 saturated heterocycles. The average molecular weight is 262 g/mol. The predicted octanol–water partition coefficient (Wildman–Crippen LogP) is 2.33. The van der Waals surface area contributed by atoms with Gasteiger partial charge in [-0.25, -0.2) is 4.79 Å². The van der Waals surface area contributed by atoms with Crippen LogP contribution in [-0.2, 0) is 14.3 Å². The van der Waals surface area contributed by atoms with Gasteiger partial charge in [-0.05, 0) is 31.2 Å². The minimum Gasteiger partial charge on any atom is -0.460 e. The van der Waals surface area contributed by atoms with Gasteiger partial charge in [0.15, 0.2) is 0 Å². The van der Waals surface area contributed by atoms with Gasteiger partial charge < -0.3 is 9.47 Å². The van der Waals surface area contributed by atoms with Crippen molar-refractivity contribution in [2.75, 3.05) is 19.8 Å². The first-order valence-corrected chi connectivity index (χ1v) is 6.61. The van der Waals surface area contributed by atoms with Crippen LogP contribution in [0.4, 0.5) is 0 Å². The summed E-state index contributed by atoms with van der Waals surface area (Å²) in [6.07, 6.45) is 2.01. The first kappa shape index (κ1) is 13.7. The molecule has 0 saturated carbocycles. The number of ether oxygens (including phenoxy) is 2. The van der Waals surface area contributed by atoms with Crippen molar-refractivity contribution in [3.8, 4) is 0 Å². The van der Waals surface area contributed by atoms with Crippen molar-refractivity contribution < 1.29 is 19.1 Å². The van der Waals surface area contributed by atoms with Gasteiger partial charge in [0, 0.05) is 18.8 Å². The molecule has 1 aliphatic heterocycles. The zero-order chi connectivity index (χ0) is 13.7. The lowest BCUT2D eigenvalue weighted by Gasteiger charge is -2.22. The van der Waals surface area contributed by atoms with Gasteiger partial charge in [0.2, 0.25) is 0 Å². The molecule has 0 radical (unpaired) electrons. The second-order valence-electron chi connectivity index (χ2n) is 4.56. The largest absolute Gasteiger partial charge is 0.460 e. The molecule has 1 fully saturated rings. The number of carbonyl (C=O) groups is 2. The summed E-state index contributed by atoms with van der Waals surface area (Å²) in [5.41, 5.74) is 1.58. The Morgan fingerprint density at radius 1 is 1.21 bits per heavy atom. The zero-order valence-electron chi connectivity index (χ0n) is 11.1. The molecule has 0 atom stereocenters. The van der Waals surface area contributed by atoms with Gasteiger partial charge in [-0.15, -0.1) is 0 Å². The van der Waals surface area contributed by atoms with Crippen molar-refractivity contribution in [3.05, 3.63) is 35.4 Å². The van der Waals surface area contributed by atoms with Crippen molar-refractivity contribution in [1.29, 1.82) is 0 Å². The van der Waals surface area contributed by atoms with Crippen LogP contribution in [-0.4, -0.2) is 31.6 Å². The fourth-order valence-electron chi connectivity index (χ4n) is 2.25. The van der Waals surface area contributed by atoms with E-state index in [1.165, 1.54) is 5.56 Å². The number of Topliss-reactive ketones (excluding diaryl/α,β-unsaturated/α-hetero) is 1. The third-order valence-corrected chi connectivity index (χ3v) is 3.33. The van der Waals surface area contributed by atoms with E-state index in [1.54, 1.807) is 19.1 Å². The van der Waals surface area contributed by atoms with Crippen molar-refractivity contribution in [1.82, 2.24) is 0 Å². The van der Waals surface area contributed by atoms with Gasteiger partial charge in [0.05, 0.1) is 6.61 Å². The summed E-state index contributed by atoms with van der Waals surface area (Å²) in [5, 5.41) is 0. The molecule has 0 aromatic heterocycles. The summed E-state index contributed by atoms with van der Waals surface area (Å²) in [7, 11) is 0. The number of esters is 1. The monoisotopic (exact) mass is 262 g/mol. The van der Waals surface area contributed by atoms with Crippen molar-refractivity contribution in [2.24, 2.45) is 0 Å². The molecule has 0 spiro atoms. The third kappa shape index (κ3) is 3.41. The van der Waals surface area contributed by atoms with E-state index in [-0.39, 0.29) is 6.61 Å². The van der Waals surface area contributed by atoms with Crippen LogP contribution in [0, 0.1) is 0 Å². The van der Waals surface area contributed by atoms with E-state index in [0.29, 0.717) is 11.5 Å². The number of benzene rings is 1. The van der Waals surface area contributed by atoms with Gasteiger partial charge >= 0.3 is 5.97 Å². The molecule has 0 unspecified atom stereocenters. The Morgan fingerprint density at radius 3 is 2.42 bits per heavy atom. The summed E-state index contributed by atoms with van der Waals surface area (Å²) in [6, 6.07) is 7.24. The highest BCUT2D eigenvalue weighted by molar-refractivity contribution is 6.40. The van der Waals surface area contributed by atoms with Gasteiger partial charge in [-0.2, -0.15) is 0 Å². The molecule has 4 nitrogen and oxygen atoms in total. The van der Waals surface area contributed by atoms with E-state index < -0.39 is 11.8 Å². The SMILES string of the molecule is CCOC(=O)C(=O)c1ccc(C2CCOCC2)cc1. The second-order valence-corrected chi connectivity index (χ2v) is 4.56. The molecule has 1 aromatic rings. The van der Waals surface area contributed by atoms with Crippen LogP contribution in [0.15, 0.2) is 24.3 Å². The summed E-state index contributed by atoms with van der Waals surface area (Å²) >= 11 is 0. The van der Waals surface area contributed by atoms with Crippen molar-refractivity contribution >= 4 is 11.8 Å². The lowest BCUT2D eigenvalue weighted by molar-refractivity contribution is -0.137. The topological polar surface area (TPSA) is 52.6 Å². The highest BCUT2D eigenvalue weighted by atomic mass is 16.5. The summed E-state index contributed by atoms with van der Waals surface area (Å²) < 4.78 is 10.0. The molecule has 1 aliphatic rings. The highest BCUT2D eigenvalue weighted by Crippen LogP contribution is 2.26. The van der Waals surface area contributed by atoms with Crippen molar-refractivity contribution in [2.45, 2.75) is 25.7 Å². The lowest BCUT2D eigenvalue weighted by Crippen LogP contribution is -2.18. The first-order chi connectivity index (χ1) is 9.22. The van der Waals surface area contributed by atoms with E-state index >= 15 is 0 Å². The van der Waals surface area contributed by atoms with Gasteiger partial charge in [0.25, 0.3) is 5.78 Å². The van der Waals surface area contributed by atoms with Crippen LogP contribution in [0.25, 0.3) is 0 Å². The Morgan fingerprint density at radius 2 is 1.84 bits per heavy atom. The van der Waals surface area contributed by atoms with Gasteiger partial charge in [-0.1, -0.05) is 24.3 Å². The van der Waals surface area contributed by atoms with Crippen LogP contribution >= 0.6 is 0 Å². The number of carbonyl (C=O) groups excluding carboxylic acids is 2. The molecular formula is C15H18O4. The van der Waals surface area contributed by atoms with E-state index in [2.05, 4.69) is 0 Å². The standard InChI is InChI=1S/C15H18O4/c1-2-19-15(17)14(16)13-5-3-11(4-6-13)12-7-9-18-10-8-12/h3-6,12H,2,7-10H2,1H3. The number of ketones is 1. The van der Waals surface area contributed by atoms with Crippen LogP contribution in [0.5, 0.6) is 0 Å². The average Bonchev–Trinajstić information content (AvgIpc) is 2.48. The Bertz CT molecular complexity index is 444. The summed E-state index contributed by atoms with van der Waals surface area (Å²) in [6.45, 7) is 3.46. The molecule has 0 aliphatic carbocycles. The van der Waals surface area contributed by atoms with Gasteiger partial charge in [-0.3, -0.25) is 4.79 Å². The quantitative estimate of drug-likeness (QED) is 0.475. The number of hydrogen-bond acceptors (Lipinski definition) is 4. The number of rotatable bonds is 4. The maximum absolute atomic E-state index is 11.7. The predicted molar refractivity (Wildman–Crippen MR) is 70.2 cm³/mol. The molecule has 0 N–H and O–H groups in total. The third-order valence-electron chi connectivity index (χ3n) is 3.33. The minimum atomic E-state index is -0.790. The molecule has 19 heavy (non-hydrogen) atoms. The molecular weight excluding hydrogens is 244 g/mol. The van der Waals surface area contributed by atoms with E-state index in [9.17, 15) is 9.59 Å². The molecule has 4 heteroatoms. The molecule has 2 rings (SSSR count). The summed E-state index contributed by atoms with van der Waals surface area (Å²) in [5.74, 6) is -0.887. The Balaban J connectivity index is 2.05. The fourth-order valence-corrected chi connectivity index (χ4v) is 2.25. The summed E-state index contributed by atoms with van der Waals surface area (Å²) in [4.78, 5) is 23.1. The fraction of sp³-hybridized carbons (Fsp3) is 0.467. The zero-order valence-corrected chi connectivity index (χ0v) is 11.1. The second kappa shape index (κ2) is 6.48. The normalized spacial score (nSPS) is 16.1. The Labute approximate surface area is 112 Å². The van der Waals surface area contributed by atoms with Crippen LogP contribution in [0.2, 0.25) is 0 Å². The van der Waals surface area contributed by atoms with Crippen LogP contribution in [0.1, 0.15) is 41.6 Å². The molecule has 102 valence electrons. The minimum absolute atomic E-state index is 0.213. The van der Waals surface area contributed by atoms with E-state index in [4.69, 9.17) is 9.47 Å².